The van der Waals surface area contributed by atoms with Crippen LogP contribution in [0.15, 0.2) is 30.6 Å². The topological polar surface area (TPSA) is 81.9 Å². The fourth-order valence-corrected chi connectivity index (χ4v) is 4.58. The molecule has 1 saturated carbocycles. The van der Waals surface area contributed by atoms with Crippen LogP contribution in [-0.2, 0) is 11.8 Å². The Hall–Kier alpha value is -3.53. The molecule has 35 heavy (non-hydrogen) atoms. The Labute approximate surface area is 201 Å². The Bertz CT molecular complexity index is 1440. The zero-order chi connectivity index (χ0) is 24.3. The van der Waals surface area contributed by atoms with Crippen LogP contribution >= 0.6 is 0 Å². The highest BCUT2D eigenvalue weighted by Gasteiger charge is 2.40. The maximum atomic E-state index is 14.9. The van der Waals surface area contributed by atoms with Crippen LogP contribution in [0.1, 0.15) is 35.9 Å². The number of anilines is 1. The first-order valence-corrected chi connectivity index (χ1v) is 11.7. The molecule has 2 atom stereocenters. The summed E-state index contributed by atoms with van der Waals surface area (Å²) in [5.41, 5.74) is 3.65. The van der Waals surface area contributed by atoms with Crippen LogP contribution in [0, 0.1) is 31.4 Å². The van der Waals surface area contributed by atoms with E-state index < -0.39 is 11.6 Å². The summed E-state index contributed by atoms with van der Waals surface area (Å²) in [4.78, 5) is 20.8. The summed E-state index contributed by atoms with van der Waals surface area (Å²) in [6.07, 6.45) is 5.87. The molecular weight excluding hydrogens is 452 g/mol. The summed E-state index contributed by atoms with van der Waals surface area (Å²) < 4.78 is 36.8. The highest BCUT2D eigenvalue weighted by Crippen LogP contribution is 2.40. The van der Waals surface area contributed by atoms with Crippen molar-refractivity contribution in [3.05, 3.63) is 59.2 Å². The standard InChI is InChI=1S/C25H25F2N7O/c1-13-14(2)30-24-23(29-13)22(18-7-6-17(26)8-19(18)27)31-25(32-24)34-11-20(15-4-5-15)35-21(12-34)16-9-28-33(3)10-16/h6-10,15,20-21H,4-5,11-12H2,1-3H3/t20-,21+/m0/s1. The van der Waals surface area contributed by atoms with Crippen molar-refractivity contribution in [3.63, 3.8) is 0 Å². The summed E-state index contributed by atoms with van der Waals surface area (Å²) in [5.74, 6) is -0.433. The molecule has 2 aliphatic rings. The van der Waals surface area contributed by atoms with Crippen LogP contribution in [0.25, 0.3) is 22.4 Å². The minimum Gasteiger partial charge on any atom is -0.366 e. The van der Waals surface area contributed by atoms with E-state index in [1.54, 1.807) is 4.68 Å². The van der Waals surface area contributed by atoms with Crippen LogP contribution in [0.3, 0.4) is 0 Å². The zero-order valence-electron chi connectivity index (χ0n) is 19.7. The number of rotatable bonds is 4. The van der Waals surface area contributed by atoms with Gasteiger partial charge in [-0.05, 0) is 44.7 Å². The van der Waals surface area contributed by atoms with E-state index >= 15 is 0 Å². The third kappa shape index (κ3) is 4.12. The number of morpholine rings is 1. The third-order valence-electron chi connectivity index (χ3n) is 6.77. The van der Waals surface area contributed by atoms with Gasteiger partial charge in [-0.15, -0.1) is 0 Å². The molecule has 0 unspecified atom stereocenters. The van der Waals surface area contributed by atoms with Gasteiger partial charge in [0.2, 0.25) is 5.95 Å². The van der Waals surface area contributed by atoms with Gasteiger partial charge in [0.05, 0.1) is 30.2 Å². The van der Waals surface area contributed by atoms with Crippen LogP contribution in [-0.4, -0.2) is 48.9 Å². The Morgan fingerprint density at radius 3 is 2.51 bits per heavy atom. The number of fused-ring (bicyclic) bond motifs is 1. The van der Waals surface area contributed by atoms with E-state index in [0.717, 1.165) is 30.2 Å². The van der Waals surface area contributed by atoms with Crippen LogP contribution in [0.4, 0.5) is 14.7 Å². The van der Waals surface area contributed by atoms with Gasteiger partial charge in [-0.3, -0.25) is 4.68 Å². The maximum Gasteiger partial charge on any atom is 0.228 e. The lowest BCUT2D eigenvalue weighted by molar-refractivity contribution is -0.0389. The number of aromatic nitrogens is 6. The number of ether oxygens (including phenoxy) is 1. The Kier molecular flexibility index (Phi) is 5.21. The van der Waals surface area contributed by atoms with Crippen molar-refractivity contribution in [2.24, 2.45) is 13.0 Å². The zero-order valence-corrected chi connectivity index (χ0v) is 19.7. The van der Waals surface area contributed by atoms with Crippen molar-refractivity contribution < 1.29 is 13.5 Å². The van der Waals surface area contributed by atoms with Gasteiger partial charge in [-0.25, -0.2) is 23.7 Å². The molecule has 6 rings (SSSR count). The quantitative estimate of drug-likeness (QED) is 0.438. The molecular formula is C25H25F2N7O. The van der Waals surface area contributed by atoms with Crippen LogP contribution in [0.5, 0.6) is 0 Å². The molecule has 1 aromatic carbocycles. The molecule has 4 heterocycles. The molecule has 1 saturated heterocycles. The first-order chi connectivity index (χ1) is 16.9. The highest BCUT2D eigenvalue weighted by molar-refractivity contribution is 5.88. The van der Waals surface area contributed by atoms with E-state index in [2.05, 4.69) is 20.0 Å². The lowest BCUT2D eigenvalue weighted by Crippen LogP contribution is -2.45. The fourth-order valence-electron chi connectivity index (χ4n) is 4.58. The molecule has 0 bridgehead atoms. The predicted molar refractivity (Wildman–Crippen MR) is 126 cm³/mol. The predicted octanol–water partition coefficient (Wildman–Crippen LogP) is 4.07. The van der Waals surface area contributed by atoms with Crippen molar-refractivity contribution in [2.45, 2.75) is 38.9 Å². The molecule has 0 amide bonds. The van der Waals surface area contributed by atoms with Gasteiger partial charge >= 0.3 is 0 Å². The molecule has 4 aromatic rings. The number of hydrogen-bond acceptors (Lipinski definition) is 7. The van der Waals surface area contributed by atoms with Gasteiger partial charge in [0.15, 0.2) is 5.65 Å². The average molecular weight is 478 g/mol. The molecule has 1 aliphatic heterocycles. The molecule has 180 valence electrons. The summed E-state index contributed by atoms with van der Waals surface area (Å²) in [6, 6.07) is 3.46. The Morgan fingerprint density at radius 2 is 1.80 bits per heavy atom. The number of aryl methyl sites for hydroxylation is 3. The molecule has 1 aliphatic carbocycles. The summed E-state index contributed by atoms with van der Waals surface area (Å²) >= 11 is 0. The molecule has 3 aromatic heterocycles. The smallest absolute Gasteiger partial charge is 0.228 e. The lowest BCUT2D eigenvalue weighted by Gasteiger charge is -2.38. The largest absolute Gasteiger partial charge is 0.366 e. The van der Waals surface area contributed by atoms with Gasteiger partial charge in [0, 0.05) is 37.0 Å². The van der Waals surface area contributed by atoms with Crippen LogP contribution < -0.4 is 4.90 Å². The Morgan fingerprint density at radius 1 is 1.00 bits per heavy atom. The fraction of sp³-hybridized carbons (Fsp3) is 0.400. The first-order valence-electron chi connectivity index (χ1n) is 11.7. The minimum atomic E-state index is -0.706. The summed E-state index contributed by atoms with van der Waals surface area (Å²) in [7, 11) is 1.88. The van der Waals surface area contributed by atoms with E-state index in [9.17, 15) is 8.78 Å². The van der Waals surface area contributed by atoms with E-state index in [1.807, 2.05) is 33.3 Å². The van der Waals surface area contributed by atoms with E-state index in [0.29, 0.717) is 47.5 Å². The second kappa shape index (κ2) is 8.30. The maximum absolute atomic E-state index is 14.9. The number of halogens is 2. The number of benzene rings is 1. The van der Waals surface area contributed by atoms with Crippen molar-refractivity contribution in [1.29, 1.82) is 0 Å². The monoisotopic (exact) mass is 477 g/mol. The molecule has 0 N–H and O–H groups in total. The summed E-state index contributed by atoms with van der Waals surface area (Å²) in [6.45, 7) is 4.83. The second-order valence-corrected chi connectivity index (χ2v) is 9.42. The van der Waals surface area contributed by atoms with Crippen molar-refractivity contribution >= 4 is 17.1 Å². The second-order valence-electron chi connectivity index (χ2n) is 9.42. The van der Waals surface area contributed by atoms with Crippen molar-refractivity contribution in [3.8, 4) is 11.3 Å². The van der Waals surface area contributed by atoms with E-state index in [4.69, 9.17) is 14.7 Å². The normalized spacial score (nSPS) is 20.5. The van der Waals surface area contributed by atoms with Gasteiger partial charge < -0.3 is 9.64 Å². The molecule has 8 nitrogen and oxygen atoms in total. The average Bonchev–Trinajstić information content (AvgIpc) is 3.59. The lowest BCUT2D eigenvalue weighted by atomic mass is 10.1. The number of nitrogens with zero attached hydrogens (tertiary/aromatic N) is 7. The first kappa shape index (κ1) is 22.0. The van der Waals surface area contributed by atoms with Gasteiger partial charge in [0.1, 0.15) is 28.9 Å². The number of hydrogen-bond donors (Lipinski definition) is 0. The van der Waals surface area contributed by atoms with Gasteiger partial charge in [-0.2, -0.15) is 10.1 Å². The van der Waals surface area contributed by atoms with Gasteiger partial charge in [0.25, 0.3) is 0 Å². The van der Waals surface area contributed by atoms with Crippen molar-refractivity contribution in [1.82, 2.24) is 29.7 Å². The summed E-state index contributed by atoms with van der Waals surface area (Å²) in [5, 5.41) is 4.30. The highest BCUT2D eigenvalue weighted by atomic mass is 19.1. The van der Waals surface area contributed by atoms with Crippen LogP contribution in [0.2, 0.25) is 0 Å². The SMILES string of the molecule is Cc1nc2nc(N3C[C@@H](C4CC4)O[C@@H](c4cnn(C)c4)C3)nc(-c3ccc(F)cc3F)c2nc1C. The molecule has 10 heteroatoms. The molecule has 2 fully saturated rings. The Balaban J connectivity index is 1.48. The van der Waals surface area contributed by atoms with E-state index in [1.165, 1.54) is 12.1 Å². The third-order valence-corrected chi connectivity index (χ3v) is 6.77. The molecule has 0 radical (unpaired) electrons. The molecule has 0 spiro atoms. The van der Waals surface area contributed by atoms with Gasteiger partial charge in [-0.1, -0.05) is 0 Å². The van der Waals surface area contributed by atoms with E-state index in [-0.39, 0.29) is 17.8 Å². The van der Waals surface area contributed by atoms with Crippen molar-refractivity contribution in [2.75, 3.05) is 18.0 Å². The minimum absolute atomic E-state index is 0.0325.